The molecule has 8 heteroatoms. The minimum absolute atomic E-state index is 0.0466. The van der Waals surface area contributed by atoms with Crippen LogP contribution in [0.5, 0.6) is 0 Å². The summed E-state index contributed by atoms with van der Waals surface area (Å²) >= 11 is 0. The molecule has 0 saturated heterocycles. The van der Waals surface area contributed by atoms with E-state index in [1.165, 1.54) is 12.1 Å². The van der Waals surface area contributed by atoms with Gasteiger partial charge >= 0.3 is 0 Å². The summed E-state index contributed by atoms with van der Waals surface area (Å²) in [7, 11) is 7.19. The van der Waals surface area contributed by atoms with Crippen molar-refractivity contribution < 1.29 is 9.85 Å². The van der Waals surface area contributed by atoms with E-state index in [0.29, 0.717) is 22.5 Å². The highest BCUT2D eigenvalue weighted by Gasteiger charge is 2.27. The zero-order valence-electron chi connectivity index (χ0n) is 15.5. The molecule has 0 aliphatic heterocycles. The molecule has 0 atom stereocenters. The fraction of sp³-hybridized carbons (Fsp3) is 0.333. The lowest BCUT2D eigenvalue weighted by Gasteiger charge is -2.18. The molecule has 138 valence electrons. The SMILES string of the molecule is CC(c1ccc(N(C)C)cc1[N+](=O)[O-])c1ccc(N(C)C)cc1[N+](=O)[O-]. The standard InChI is InChI=1S/C18H22N4O4/c1-12(15-8-6-13(19(2)3)10-17(15)21(23)24)16-9-7-14(20(4)5)11-18(16)22(25)26/h6-12H,1-5H3. The van der Waals surface area contributed by atoms with Crippen molar-refractivity contribution in [1.82, 2.24) is 0 Å². The molecule has 8 nitrogen and oxygen atoms in total. The van der Waals surface area contributed by atoms with Crippen LogP contribution in [0.3, 0.4) is 0 Å². The van der Waals surface area contributed by atoms with Crippen molar-refractivity contribution in [3.63, 3.8) is 0 Å². The fourth-order valence-electron chi connectivity index (χ4n) is 2.84. The molecule has 0 aromatic heterocycles. The van der Waals surface area contributed by atoms with E-state index >= 15 is 0 Å². The third-order valence-electron chi connectivity index (χ3n) is 4.39. The van der Waals surface area contributed by atoms with Gasteiger partial charge in [0.1, 0.15) is 0 Å². The van der Waals surface area contributed by atoms with Crippen LogP contribution >= 0.6 is 0 Å². The highest BCUT2D eigenvalue weighted by atomic mass is 16.6. The van der Waals surface area contributed by atoms with Gasteiger partial charge in [0.15, 0.2) is 0 Å². The Hall–Kier alpha value is -3.16. The summed E-state index contributed by atoms with van der Waals surface area (Å²) in [6, 6.07) is 9.87. The van der Waals surface area contributed by atoms with Gasteiger partial charge < -0.3 is 9.80 Å². The normalized spacial score (nSPS) is 10.7. The average Bonchev–Trinajstić information content (AvgIpc) is 2.59. The Morgan fingerprint density at radius 1 is 0.769 bits per heavy atom. The topological polar surface area (TPSA) is 92.8 Å². The zero-order chi connectivity index (χ0) is 19.6. The predicted molar refractivity (Wildman–Crippen MR) is 102 cm³/mol. The van der Waals surface area contributed by atoms with Crippen LogP contribution in [-0.4, -0.2) is 38.0 Å². The molecule has 0 spiro atoms. The van der Waals surface area contributed by atoms with Gasteiger partial charge in [0.2, 0.25) is 0 Å². The van der Waals surface area contributed by atoms with Crippen molar-refractivity contribution in [3.8, 4) is 0 Å². The largest absolute Gasteiger partial charge is 0.377 e. The summed E-state index contributed by atoms with van der Waals surface area (Å²) in [5, 5.41) is 23.1. The van der Waals surface area contributed by atoms with Gasteiger partial charge in [-0.2, -0.15) is 0 Å². The maximum atomic E-state index is 11.5. The molecular weight excluding hydrogens is 336 g/mol. The van der Waals surface area contributed by atoms with Crippen molar-refractivity contribution in [2.45, 2.75) is 12.8 Å². The second-order valence-electron chi connectivity index (χ2n) is 6.51. The Bertz CT molecular complexity index is 780. The molecule has 0 aliphatic rings. The molecule has 0 heterocycles. The number of hydrogen-bond donors (Lipinski definition) is 0. The molecule has 0 fully saturated rings. The number of nitrogens with zero attached hydrogens (tertiary/aromatic N) is 4. The summed E-state index contributed by atoms with van der Waals surface area (Å²) in [5.41, 5.74) is 2.20. The summed E-state index contributed by atoms with van der Waals surface area (Å²) in [5.74, 6) is -0.497. The maximum absolute atomic E-state index is 11.5. The van der Waals surface area contributed by atoms with Gasteiger partial charge in [0.05, 0.1) is 9.85 Å². The van der Waals surface area contributed by atoms with Crippen molar-refractivity contribution in [2.24, 2.45) is 0 Å². The Kier molecular flexibility index (Phi) is 5.44. The van der Waals surface area contributed by atoms with Crippen LogP contribution in [0.1, 0.15) is 24.0 Å². The average molecular weight is 358 g/mol. The van der Waals surface area contributed by atoms with E-state index in [-0.39, 0.29) is 11.4 Å². The lowest BCUT2D eigenvalue weighted by Crippen LogP contribution is -2.12. The van der Waals surface area contributed by atoms with Crippen LogP contribution in [0, 0.1) is 20.2 Å². The van der Waals surface area contributed by atoms with Crippen LogP contribution in [0.4, 0.5) is 22.7 Å². The van der Waals surface area contributed by atoms with Gasteiger partial charge in [0, 0.05) is 68.7 Å². The molecule has 0 unspecified atom stereocenters. The smallest absolute Gasteiger partial charge is 0.275 e. The van der Waals surface area contributed by atoms with E-state index in [1.54, 1.807) is 69.2 Å². The van der Waals surface area contributed by atoms with Crippen LogP contribution in [0.2, 0.25) is 0 Å². The molecule has 2 aromatic carbocycles. The molecule has 26 heavy (non-hydrogen) atoms. The number of nitro benzene ring substituents is 2. The van der Waals surface area contributed by atoms with E-state index < -0.39 is 15.8 Å². The van der Waals surface area contributed by atoms with Crippen molar-refractivity contribution in [3.05, 3.63) is 67.8 Å². The maximum Gasteiger partial charge on any atom is 0.275 e. The lowest BCUT2D eigenvalue weighted by atomic mass is 9.90. The minimum Gasteiger partial charge on any atom is -0.377 e. The van der Waals surface area contributed by atoms with Crippen molar-refractivity contribution in [1.29, 1.82) is 0 Å². The van der Waals surface area contributed by atoms with Gasteiger partial charge in [-0.3, -0.25) is 20.2 Å². The third-order valence-corrected chi connectivity index (χ3v) is 4.39. The molecule has 0 amide bonds. The van der Waals surface area contributed by atoms with E-state index in [0.717, 1.165) is 0 Å². The van der Waals surface area contributed by atoms with E-state index in [2.05, 4.69) is 0 Å². The molecular formula is C18H22N4O4. The van der Waals surface area contributed by atoms with Crippen molar-refractivity contribution in [2.75, 3.05) is 38.0 Å². The highest BCUT2D eigenvalue weighted by Crippen LogP contribution is 2.38. The molecule has 0 radical (unpaired) electrons. The van der Waals surface area contributed by atoms with Crippen LogP contribution in [0.25, 0.3) is 0 Å². The quantitative estimate of drug-likeness (QED) is 0.576. The first-order chi connectivity index (χ1) is 12.1. The second kappa shape index (κ2) is 7.38. The Balaban J connectivity index is 2.60. The van der Waals surface area contributed by atoms with Crippen molar-refractivity contribution >= 4 is 22.7 Å². The molecule has 0 aliphatic carbocycles. The first kappa shape index (κ1) is 19.2. The van der Waals surface area contributed by atoms with Crippen LogP contribution < -0.4 is 9.80 Å². The van der Waals surface area contributed by atoms with Crippen LogP contribution in [0.15, 0.2) is 36.4 Å². The second-order valence-corrected chi connectivity index (χ2v) is 6.51. The Morgan fingerprint density at radius 2 is 1.12 bits per heavy atom. The lowest BCUT2D eigenvalue weighted by molar-refractivity contribution is -0.386. The van der Waals surface area contributed by atoms with Gasteiger partial charge in [-0.15, -0.1) is 0 Å². The minimum atomic E-state index is -0.497. The number of benzene rings is 2. The van der Waals surface area contributed by atoms with Gasteiger partial charge in [-0.05, 0) is 24.3 Å². The molecule has 0 saturated carbocycles. The van der Waals surface area contributed by atoms with E-state index in [9.17, 15) is 20.2 Å². The summed E-state index contributed by atoms with van der Waals surface area (Å²) in [4.78, 5) is 25.7. The third kappa shape index (κ3) is 3.74. The summed E-state index contributed by atoms with van der Waals surface area (Å²) < 4.78 is 0. The van der Waals surface area contributed by atoms with E-state index in [1.807, 2.05) is 0 Å². The number of nitro groups is 2. The molecule has 0 bridgehead atoms. The molecule has 2 aromatic rings. The number of hydrogen-bond acceptors (Lipinski definition) is 6. The number of anilines is 2. The summed E-state index contributed by atoms with van der Waals surface area (Å²) in [6.07, 6.45) is 0. The number of rotatable bonds is 6. The van der Waals surface area contributed by atoms with Gasteiger partial charge in [0.25, 0.3) is 11.4 Å². The molecule has 0 N–H and O–H groups in total. The van der Waals surface area contributed by atoms with E-state index in [4.69, 9.17) is 0 Å². The summed E-state index contributed by atoms with van der Waals surface area (Å²) in [6.45, 7) is 1.75. The first-order valence-corrected chi connectivity index (χ1v) is 8.04. The Morgan fingerprint density at radius 3 is 1.38 bits per heavy atom. The molecule has 2 rings (SSSR count). The Labute approximate surface area is 152 Å². The zero-order valence-corrected chi connectivity index (χ0v) is 15.5. The van der Waals surface area contributed by atoms with Gasteiger partial charge in [-0.1, -0.05) is 6.92 Å². The highest BCUT2D eigenvalue weighted by molar-refractivity contribution is 5.62. The van der Waals surface area contributed by atoms with Gasteiger partial charge in [-0.25, -0.2) is 0 Å². The fourth-order valence-corrected chi connectivity index (χ4v) is 2.84. The first-order valence-electron chi connectivity index (χ1n) is 8.04. The van der Waals surface area contributed by atoms with Crippen LogP contribution in [-0.2, 0) is 0 Å². The monoisotopic (exact) mass is 358 g/mol. The predicted octanol–water partition coefficient (Wildman–Crippen LogP) is 3.79.